The van der Waals surface area contributed by atoms with Crippen molar-refractivity contribution < 1.29 is 9.59 Å². The van der Waals surface area contributed by atoms with Gasteiger partial charge in [-0.05, 0) is 25.3 Å². The lowest BCUT2D eigenvalue weighted by Crippen LogP contribution is -2.46. The number of halogens is 1. The van der Waals surface area contributed by atoms with Gasteiger partial charge in [0.2, 0.25) is 5.91 Å². The summed E-state index contributed by atoms with van der Waals surface area (Å²) in [6.45, 7) is 3.25. The van der Waals surface area contributed by atoms with Gasteiger partial charge in [0.1, 0.15) is 0 Å². The maximum atomic E-state index is 12.4. The molecule has 2 amide bonds. The molecule has 0 bridgehead atoms. The third-order valence-corrected chi connectivity index (χ3v) is 3.93. The Labute approximate surface area is 129 Å². The van der Waals surface area contributed by atoms with E-state index in [1.54, 1.807) is 17.2 Å². The molecule has 1 N–H and O–H groups in total. The Morgan fingerprint density at radius 1 is 1.43 bits per heavy atom. The molecule has 21 heavy (non-hydrogen) atoms. The summed E-state index contributed by atoms with van der Waals surface area (Å²) in [5.41, 5.74) is 0.486. The molecule has 1 fully saturated rings. The van der Waals surface area contributed by atoms with Gasteiger partial charge in [0, 0.05) is 37.9 Å². The van der Waals surface area contributed by atoms with Crippen LogP contribution in [0.4, 0.5) is 0 Å². The zero-order chi connectivity index (χ0) is 15.2. The molecule has 0 radical (unpaired) electrons. The quantitative estimate of drug-likeness (QED) is 0.928. The Morgan fingerprint density at radius 2 is 2.14 bits per heavy atom. The molecule has 2 heterocycles. The zero-order valence-electron chi connectivity index (χ0n) is 12.1. The Morgan fingerprint density at radius 3 is 2.76 bits per heavy atom. The highest BCUT2D eigenvalue weighted by atomic mass is 35.5. The van der Waals surface area contributed by atoms with E-state index in [2.05, 4.69) is 10.3 Å². The van der Waals surface area contributed by atoms with Crippen molar-refractivity contribution in [1.82, 2.24) is 15.2 Å². The van der Waals surface area contributed by atoms with Gasteiger partial charge in [0.05, 0.1) is 10.6 Å². The number of nitrogens with one attached hydrogen (secondary N) is 1. The molecule has 0 unspecified atom stereocenters. The van der Waals surface area contributed by atoms with E-state index in [-0.39, 0.29) is 17.9 Å². The van der Waals surface area contributed by atoms with Gasteiger partial charge in [-0.2, -0.15) is 0 Å². The number of piperidine rings is 1. The molecule has 1 aliphatic heterocycles. The maximum absolute atomic E-state index is 12.4. The van der Waals surface area contributed by atoms with E-state index >= 15 is 0 Å². The van der Waals surface area contributed by atoms with Crippen LogP contribution in [0.3, 0.4) is 0 Å². The van der Waals surface area contributed by atoms with Crippen LogP contribution in [0, 0.1) is 0 Å². The average molecular weight is 310 g/mol. The van der Waals surface area contributed by atoms with E-state index < -0.39 is 0 Å². The van der Waals surface area contributed by atoms with Gasteiger partial charge >= 0.3 is 0 Å². The zero-order valence-corrected chi connectivity index (χ0v) is 12.9. The molecule has 1 aromatic rings. The Kier molecular flexibility index (Phi) is 5.56. The van der Waals surface area contributed by atoms with Crippen molar-refractivity contribution in [3.05, 3.63) is 29.0 Å². The van der Waals surface area contributed by atoms with Gasteiger partial charge in [-0.1, -0.05) is 18.5 Å². The highest BCUT2D eigenvalue weighted by Crippen LogP contribution is 2.19. The van der Waals surface area contributed by atoms with E-state index in [4.69, 9.17) is 11.6 Å². The highest BCUT2D eigenvalue weighted by Gasteiger charge is 2.25. The van der Waals surface area contributed by atoms with Gasteiger partial charge in [-0.25, -0.2) is 0 Å². The van der Waals surface area contributed by atoms with E-state index in [0.717, 1.165) is 19.3 Å². The van der Waals surface area contributed by atoms with Crippen LogP contribution in [-0.4, -0.2) is 40.8 Å². The number of carbonyl (C=O) groups is 2. The molecule has 114 valence electrons. The van der Waals surface area contributed by atoms with Crippen molar-refractivity contribution in [3.63, 3.8) is 0 Å². The van der Waals surface area contributed by atoms with Crippen molar-refractivity contribution in [3.8, 4) is 0 Å². The number of pyridine rings is 1. The number of nitrogens with zero attached hydrogens (tertiary/aromatic N) is 2. The fraction of sp³-hybridized carbons (Fsp3) is 0.533. The monoisotopic (exact) mass is 309 g/mol. The van der Waals surface area contributed by atoms with Crippen LogP contribution >= 0.6 is 11.6 Å². The third-order valence-electron chi connectivity index (χ3n) is 3.63. The van der Waals surface area contributed by atoms with Gasteiger partial charge in [-0.3, -0.25) is 14.6 Å². The summed E-state index contributed by atoms with van der Waals surface area (Å²) >= 11 is 6.00. The van der Waals surface area contributed by atoms with Gasteiger partial charge in [-0.15, -0.1) is 0 Å². The first-order valence-corrected chi connectivity index (χ1v) is 7.67. The first-order chi connectivity index (χ1) is 10.1. The van der Waals surface area contributed by atoms with Gasteiger partial charge < -0.3 is 10.2 Å². The van der Waals surface area contributed by atoms with Crippen LogP contribution in [0.1, 0.15) is 43.0 Å². The van der Waals surface area contributed by atoms with Crippen LogP contribution in [0.2, 0.25) is 5.02 Å². The normalized spacial score (nSPS) is 15.8. The van der Waals surface area contributed by atoms with Crippen molar-refractivity contribution in [2.24, 2.45) is 0 Å². The fourth-order valence-electron chi connectivity index (χ4n) is 2.47. The minimum atomic E-state index is -0.0688. The minimum Gasteiger partial charge on any atom is -0.353 e. The molecule has 1 saturated heterocycles. The van der Waals surface area contributed by atoms with Crippen molar-refractivity contribution >= 4 is 23.4 Å². The molecule has 0 spiro atoms. The van der Waals surface area contributed by atoms with Crippen LogP contribution in [0.25, 0.3) is 0 Å². The Balaban J connectivity index is 1.88. The number of amides is 2. The molecule has 2 rings (SSSR count). The topological polar surface area (TPSA) is 62.3 Å². The lowest BCUT2D eigenvalue weighted by Gasteiger charge is -2.32. The second kappa shape index (κ2) is 7.41. The first-order valence-electron chi connectivity index (χ1n) is 7.30. The third kappa shape index (κ3) is 4.17. The average Bonchev–Trinajstić information content (AvgIpc) is 2.48. The molecule has 0 aliphatic carbocycles. The number of rotatable bonds is 4. The van der Waals surface area contributed by atoms with Crippen LogP contribution < -0.4 is 5.32 Å². The Hall–Kier alpha value is -1.62. The lowest BCUT2D eigenvalue weighted by molar-refractivity contribution is -0.122. The molecule has 0 aromatic carbocycles. The number of aromatic nitrogens is 1. The molecule has 1 aromatic heterocycles. The summed E-state index contributed by atoms with van der Waals surface area (Å²) in [6, 6.07) is 1.81. The van der Waals surface area contributed by atoms with Crippen LogP contribution in [0.5, 0.6) is 0 Å². The highest BCUT2D eigenvalue weighted by molar-refractivity contribution is 6.33. The van der Waals surface area contributed by atoms with E-state index in [1.807, 2.05) is 6.92 Å². The van der Waals surface area contributed by atoms with Crippen molar-refractivity contribution in [1.29, 1.82) is 0 Å². The Bertz CT molecular complexity index is 513. The summed E-state index contributed by atoms with van der Waals surface area (Å²) in [4.78, 5) is 29.6. The lowest BCUT2D eigenvalue weighted by atomic mass is 10.0. The van der Waals surface area contributed by atoms with Crippen LogP contribution in [-0.2, 0) is 4.79 Å². The largest absolute Gasteiger partial charge is 0.353 e. The second-order valence-electron chi connectivity index (χ2n) is 5.24. The molecule has 0 saturated carbocycles. The van der Waals surface area contributed by atoms with Gasteiger partial charge in [0.15, 0.2) is 0 Å². The number of hydrogen-bond acceptors (Lipinski definition) is 3. The molecule has 0 atom stereocenters. The van der Waals surface area contributed by atoms with Crippen molar-refractivity contribution in [2.75, 3.05) is 13.1 Å². The fourth-order valence-corrected chi connectivity index (χ4v) is 2.67. The minimum absolute atomic E-state index is 0.0688. The van der Waals surface area contributed by atoms with Crippen molar-refractivity contribution in [2.45, 2.75) is 38.6 Å². The SMILES string of the molecule is CCCC(=O)NC1CCN(C(=O)c2ccncc2Cl)CC1. The van der Waals surface area contributed by atoms with Crippen LogP contribution in [0.15, 0.2) is 18.5 Å². The van der Waals surface area contributed by atoms with E-state index in [9.17, 15) is 9.59 Å². The predicted molar refractivity (Wildman–Crippen MR) is 81.2 cm³/mol. The molecule has 1 aliphatic rings. The first kappa shape index (κ1) is 15.8. The second-order valence-corrected chi connectivity index (χ2v) is 5.65. The molecule has 6 heteroatoms. The molecular weight excluding hydrogens is 290 g/mol. The summed E-state index contributed by atoms with van der Waals surface area (Å²) < 4.78 is 0. The molecule has 5 nitrogen and oxygen atoms in total. The van der Waals surface area contributed by atoms with Gasteiger partial charge in [0.25, 0.3) is 5.91 Å². The number of likely N-dealkylation sites (tertiary alicyclic amines) is 1. The summed E-state index contributed by atoms with van der Waals surface area (Å²) in [6.07, 6.45) is 6.02. The van der Waals surface area contributed by atoms with E-state index in [1.165, 1.54) is 6.20 Å². The number of hydrogen-bond donors (Lipinski definition) is 1. The summed E-state index contributed by atoms with van der Waals surface area (Å²) in [5.74, 6) is 0.0280. The van der Waals surface area contributed by atoms with E-state index in [0.29, 0.717) is 30.1 Å². The summed E-state index contributed by atoms with van der Waals surface area (Å²) in [5, 5.41) is 3.39. The number of carbonyl (C=O) groups excluding carboxylic acids is 2. The smallest absolute Gasteiger partial charge is 0.255 e. The standard InChI is InChI=1S/C15H20ClN3O2/c1-2-3-14(20)18-11-5-8-19(9-6-11)15(21)12-4-7-17-10-13(12)16/h4,7,10-11H,2-3,5-6,8-9H2,1H3,(H,18,20). The predicted octanol–water partition coefficient (Wildman–Crippen LogP) is 2.26. The summed E-state index contributed by atoms with van der Waals surface area (Å²) in [7, 11) is 0. The maximum Gasteiger partial charge on any atom is 0.255 e. The molecular formula is C15H20ClN3O2.